The van der Waals surface area contributed by atoms with Gasteiger partial charge in [-0.05, 0) is 42.7 Å². The average Bonchev–Trinajstić information content (AvgIpc) is 2.85. The fourth-order valence-electron chi connectivity index (χ4n) is 3.57. The Labute approximate surface area is 193 Å². The molecule has 1 unspecified atom stereocenters. The van der Waals surface area contributed by atoms with Gasteiger partial charge in [0.1, 0.15) is 0 Å². The van der Waals surface area contributed by atoms with Crippen LogP contribution >= 0.6 is 0 Å². The highest BCUT2D eigenvalue weighted by Crippen LogP contribution is 2.24. The second kappa shape index (κ2) is 11.0. The summed E-state index contributed by atoms with van der Waals surface area (Å²) in [5.74, 6) is -0.577. The fourth-order valence-corrected chi connectivity index (χ4v) is 3.57. The maximum atomic E-state index is 13.3. The van der Waals surface area contributed by atoms with Crippen molar-refractivity contribution < 1.29 is 14.5 Å². The number of carbonyl (C=O) groups is 2. The number of nitrogens with one attached hydrogen (secondary N) is 1. The van der Waals surface area contributed by atoms with Crippen LogP contribution in [-0.2, 0) is 11.2 Å². The highest BCUT2D eigenvalue weighted by atomic mass is 16.6. The molecule has 0 saturated heterocycles. The van der Waals surface area contributed by atoms with Gasteiger partial charge in [-0.1, -0.05) is 55.5 Å². The van der Waals surface area contributed by atoms with Crippen LogP contribution in [-0.4, -0.2) is 28.2 Å². The molecule has 0 saturated carbocycles. The monoisotopic (exact) mass is 445 g/mol. The number of nitro benzene ring substituents is 1. The smallest absolute Gasteiger partial charge is 0.270 e. The van der Waals surface area contributed by atoms with E-state index in [1.54, 1.807) is 11.0 Å². The number of hydrogen-bond acceptors (Lipinski definition) is 4. The number of rotatable bonds is 9. The first-order valence-electron chi connectivity index (χ1n) is 10.9. The lowest BCUT2D eigenvalue weighted by atomic mass is 10.0. The summed E-state index contributed by atoms with van der Waals surface area (Å²) < 4.78 is 0. The zero-order valence-corrected chi connectivity index (χ0v) is 18.7. The molecule has 0 aliphatic rings. The third-order valence-corrected chi connectivity index (χ3v) is 5.54. The maximum absolute atomic E-state index is 13.3. The van der Waals surface area contributed by atoms with E-state index in [1.807, 2.05) is 61.5 Å². The molecule has 0 spiro atoms. The normalized spacial score (nSPS) is 11.5. The van der Waals surface area contributed by atoms with Crippen LogP contribution in [0.1, 0.15) is 47.8 Å². The zero-order chi connectivity index (χ0) is 23.8. The molecule has 3 aromatic rings. The Kier molecular flexibility index (Phi) is 7.91. The van der Waals surface area contributed by atoms with Crippen LogP contribution < -0.4 is 5.32 Å². The second-order valence-electron chi connectivity index (χ2n) is 7.74. The Balaban J connectivity index is 1.78. The van der Waals surface area contributed by atoms with Gasteiger partial charge >= 0.3 is 0 Å². The summed E-state index contributed by atoms with van der Waals surface area (Å²) >= 11 is 0. The third-order valence-electron chi connectivity index (χ3n) is 5.54. The zero-order valence-electron chi connectivity index (χ0n) is 18.7. The number of nitro groups is 1. The van der Waals surface area contributed by atoms with Crippen molar-refractivity contribution in [2.75, 3.05) is 11.9 Å². The number of amides is 2. The lowest BCUT2D eigenvalue weighted by Crippen LogP contribution is -2.36. The largest absolute Gasteiger partial charge is 0.331 e. The van der Waals surface area contributed by atoms with Crippen molar-refractivity contribution in [2.24, 2.45) is 0 Å². The number of nitrogens with zero attached hydrogens (tertiary/aromatic N) is 2. The van der Waals surface area contributed by atoms with Crippen LogP contribution in [0.15, 0.2) is 78.9 Å². The van der Waals surface area contributed by atoms with Gasteiger partial charge in [0.25, 0.3) is 11.6 Å². The number of aryl methyl sites for hydroxylation is 1. The topological polar surface area (TPSA) is 92.6 Å². The van der Waals surface area contributed by atoms with E-state index in [4.69, 9.17) is 0 Å². The molecule has 170 valence electrons. The first-order valence-corrected chi connectivity index (χ1v) is 10.9. The molecule has 1 atom stereocenters. The van der Waals surface area contributed by atoms with Crippen molar-refractivity contribution in [2.45, 2.75) is 32.7 Å². The molecule has 0 heterocycles. The van der Waals surface area contributed by atoms with Gasteiger partial charge < -0.3 is 10.2 Å². The Morgan fingerprint density at radius 3 is 2.33 bits per heavy atom. The summed E-state index contributed by atoms with van der Waals surface area (Å²) in [4.78, 5) is 38.1. The minimum Gasteiger partial charge on any atom is -0.331 e. The van der Waals surface area contributed by atoms with Gasteiger partial charge in [0.15, 0.2) is 0 Å². The SMILES string of the molecule is CCc1ccc(NC(=O)CCN(C(=O)c2cccc([N+](=O)[O-])c2)C(C)c2ccccc2)cc1. The van der Waals surface area contributed by atoms with E-state index in [9.17, 15) is 19.7 Å². The lowest BCUT2D eigenvalue weighted by Gasteiger charge is -2.29. The van der Waals surface area contributed by atoms with E-state index >= 15 is 0 Å². The van der Waals surface area contributed by atoms with Gasteiger partial charge in [0, 0.05) is 36.3 Å². The van der Waals surface area contributed by atoms with Crippen LogP contribution in [0.3, 0.4) is 0 Å². The molecule has 0 bridgehead atoms. The van der Waals surface area contributed by atoms with Crippen molar-refractivity contribution in [1.29, 1.82) is 0 Å². The summed E-state index contributed by atoms with van der Waals surface area (Å²) in [6.45, 7) is 4.11. The quantitative estimate of drug-likeness (QED) is 0.353. The van der Waals surface area contributed by atoms with Crippen LogP contribution in [0.25, 0.3) is 0 Å². The summed E-state index contributed by atoms with van der Waals surface area (Å²) in [6, 6.07) is 22.4. The van der Waals surface area contributed by atoms with Crippen molar-refractivity contribution in [1.82, 2.24) is 4.90 Å². The molecule has 3 aromatic carbocycles. The van der Waals surface area contributed by atoms with Crippen LogP contribution in [0.4, 0.5) is 11.4 Å². The van der Waals surface area contributed by atoms with Crippen LogP contribution in [0.5, 0.6) is 0 Å². The van der Waals surface area contributed by atoms with E-state index in [0.29, 0.717) is 5.69 Å². The number of hydrogen-bond donors (Lipinski definition) is 1. The second-order valence-corrected chi connectivity index (χ2v) is 7.74. The minimum atomic E-state index is -0.529. The Bertz CT molecular complexity index is 1110. The predicted molar refractivity (Wildman–Crippen MR) is 128 cm³/mol. The van der Waals surface area contributed by atoms with Crippen LogP contribution in [0, 0.1) is 10.1 Å². The Morgan fingerprint density at radius 1 is 1.00 bits per heavy atom. The van der Waals surface area contributed by atoms with Crippen molar-refractivity contribution in [3.8, 4) is 0 Å². The standard InChI is InChI=1S/C26H27N3O4/c1-3-20-12-14-23(15-13-20)27-25(30)16-17-28(19(2)21-8-5-4-6-9-21)26(31)22-10-7-11-24(18-22)29(32)33/h4-15,18-19H,3,16-17H2,1-2H3,(H,27,30). The summed E-state index contributed by atoms with van der Waals surface area (Å²) in [7, 11) is 0. The van der Waals surface area contributed by atoms with E-state index in [2.05, 4.69) is 12.2 Å². The van der Waals surface area contributed by atoms with E-state index in [-0.39, 0.29) is 42.1 Å². The molecule has 2 amide bonds. The minimum absolute atomic E-state index is 0.0906. The van der Waals surface area contributed by atoms with Crippen molar-refractivity contribution >= 4 is 23.2 Å². The maximum Gasteiger partial charge on any atom is 0.270 e. The summed E-state index contributed by atoms with van der Waals surface area (Å²) in [5.41, 5.74) is 2.85. The molecule has 33 heavy (non-hydrogen) atoms. The first-order chi connectivity index (χ1) is 15.9. The molecule has 0 aliphatic heterocycles. The van der Waals surface area contributed by atoms with Gasteiger partial charge in [-0.15, -0.1) is 0 Å². The highest BCUT2D eigenvalue weighted by molar-refractivity contribution is 5.96. The third kappa shape index (κ3) is 6.26. The number of carbonyl (C=O) groups excluding carboxylic acids is 2. The predicted octanol–water partition coefficient (Wildman–Crippen LogP) is 5.39. The molecule has 7 heteroatoms. The Morgan fingerprint density at radius 2 is 1.70 bits per heavy atom. The Hall–Kier alpha value is -4.00. The molecule has 0 fully saturated rings. The molecule has 3 rings (SSSR count). The van der Waals surface area contributed by atoms with Gasteiger partial charge in [0.2, 0.25) is 5.91 Å². The molecule has 1 N–H and O–H groups in total. The van der Waals surface area contributed by atoms with E-state index < -0.39 is 4.92 Å². The number of non-ortho nitro benzene ring substituents is 1. The molecule has 0 aromatic heterocycles. The molecular weight excluding hydrogens is 418 g/mol. The van der Waals surface area contributed by atoms with E-state index in [0.717, 1.165) is 12.0 Å². The van der Waals surface area contributed by atoms with Gasteiger partial charge in [-0.3, -0.25) is 19.7 Å². The lowest BCUT2D eigenvalue weighted by molar-refractivity contribution is -0.384. The van der Waals surface area contributed by atoms with Gasteiger partial charge in [0.05, 0.1) is 11.0 Å². The average molecular weight is 446 g/mol. The van der Waals surface area contributed by atoms with E-state index in [1.165, 1.54) is 23.8 Å². The molecule has 7 nitrogen and oxygen atoms in total. The fraction of sp³-hybridized carbons (Fsp3) is 0.231. The highest BCUT2D eigenvalue weighted by Gasteiger charge is 2.24. The first kappa shape index (κ1) is 23.7. The molecule has 0 radical (unpaired) electrons. The summed E-state index contributed by atoms with van der Waals surface area (Å²) in [6.07, 6.45) is 1.01. The van der Waals surface area contributed by atoms with Gasteiger partial charge in [-0.25, -0.2) is 0 Å². The van der Waals surface area contributed by atoms with Gasteiger partial charge in [-0.2, -0.15) is 0 Å². The number of benzene rings is 3. The molecular formula is C26H27N3O4. The van der Waals surface area contributed by atoms with Crippen LogP contribution in [0.2, 0.25) is 0 Å². The number of anilines is 1. The summed E-state index contributed by atoms with van der Waals surface area (Å²) in [5, 5.41) is 14.0. The van der Waals surface area contributed by atoms with Crippen molar-refractivity contribution in [3.05, 3.63) is 106 Å². The molecule has 0 aliphatic carbocycles. The van der Waals surface area contributed by atoms with Crippen molar-refractivity contribution in [3.63, 3.8) is 0 Å².